The van der Waals surface area contributed by atoms with E-state index in [-0.39, 0.29) is 11.4 Å². The van der Waals surface area contributed by atoms with Crippen molar-refractivity contribution in [1.82, 2.24) is 0 Å². The summed E-state index contributed by atoms with van der Waals surface area (Å²) in [5.41, 5.74) is 0.712. The Morgan fingerprint density at radius 1 is 1.18 bits per heavy atom. The van der Waals surface area contributed by atoms with Gasteiger partial charge in [0.15, 0.2) is 6.29 Å². The number of thioether (sulfide) groups is 1. The Morgan fingerprint density at radius 3 is 2.29 bits per heavy atom. The molecule has 0 amide bonds. The number of hydrogen-bond acceptors (Lipinski definition) is 4. The third-order valence-electron chi connectivity index (χ3n) is 2.07. The summed E-state index contributed by atoms with van der Waals surface area (Å²) in [7, 11) is 0. The SMILES string of the molecule is CCOC(CSC(=O)c1ccccc1)OCC. The van der Waals surface area contributed by atoms with Gasteiger partial charge in [-0.15, -0.1) is 0 Å². The van der Waals surface area contributed by atoms with Gasteiger partial charge in [-0.2, -0.15) is 0 Å². The molecule has 0 atom stereocenters. The Labute approximate surface area is 106 Å². The van der Waals surface area contributed by atoms with Gasteiger partial charge in [-0.3, -0.25) is 4.79 Å². The van der Waals surface area contributed by atoms with E-state index in [0.717, 1.165) is 0 Å². The molecule has 1 rings (SSSR count). The highest BCUT2D eigenvalue weighted by atomic mass is 32.2. The maximum atomic E-state index is 11.8. The monoisotopic (exact) mass is 254 g/mol. The van der Waals surface area contributed by atoms with Gasteiger partial charge in [-0.1, -0.05) is 42.1 Å². The highest BCUT2D eigenvalue weighted by Crippen LogP contribution is 2.14. The van der Waals surface area contributed by atoms with E-state index in [1.54, 1.807) is 0 Å². The summed E-state index contributed by atoms with van der Waals surface area (Å²) in [5.74, 6) is 0.523. The zero-order chi connectivity index (χ0) is 12.5. The van der Waals surface area contributed by atoms with E-state index < -0.39 is 0 Å². The van der Waals surface area contributed by atoms with Crippen molar-refractivity contribution >= 4 is 16.9 Å². The van der Waals surface area contributed by atoms with E-state index in [4.69, 9.17) is 9.47 Å². The molecule has 0 heterocycles. The summed E-state index contributed by atoms with van der Waals surface area (Å²) in [6, 6.07) is 9.23. The number of ether oxygens (including phenoxy) is 2. The van der Waals surface area contributed by atoms with Gasteiger partial charge in [-0.05, 0) is 13.8 Å². The predicted molar refractivity (Wildman–Crippen MR) is 70.3 cm³/mol. The highest BCUT2D eigenvalue weighted by Gasteiger charge is 2.12. The molecule has 4 heteroatoms. The summed E-state index contributed by atoms with van der Waals surface area (Å²) >= 11 is 1.23. The van der Waals surface area contributed by atoms with E-state index in [9.17, 15) is 4.79 Å². The number of carbonyl (C=O) groups excluding carboxylic acids is 1. The molecule has 0 aliphatic rings. The molecule has 94 valence electrons. The fourth-order valence-electron chi connectivity index (χ4n) is 1.32. The lowest BCUT2D eigenvalue weighted by Gasteiger charge is -2.15. The first-order valence-electron chi connectivity index (χ1n) is 5.73. The first-order valence-corrected chi connectivity index (χ1v) is 6.71. The molecule has 0 saturated carbocycles. The average Bonchev–Trinajstić information content (AvgIpc) is 2.37. The minimum atomic E-state index is -0.303. The lowest BCUT2D eigenvalue weighted by atomic mass is 10.2. The number of benzene rings is 1. The Morgan fingerprint density at radius 2 is 1.76 bits per heavy atom. The van der Waals surface area contributed by atoms with Crippen molar-refractivity contribution in [2.45, 2.75) is 20.1 Å². The largest absolute Gasteiger partial charge is 0.352 e. The van der Waals surface area contributed by atoms with Crippen molar-refractivity contribution < 1.29 is 14.3 Å². The Bertz CT molecular complexity index is 321. The quantitative estimate of drug-likeness (QED) is 0.701. The van der Waals surface area contributed by atoms with Crippen LogP contribution in [0.15, 0.2) is 30.3 Å². The molecule has 1 aromatic carbocycles. The summed E-state index contributed by atoms with van der Waals surface area (Å²) in [6.45, 7) is 5.00. The van der Waals surface area contributed by atoms with Gasteiger partial charge in [0, 0.05) is 18.8 Å². The van der Waals surface area contributed by atoms with Crippen LogP contribution in [0.1, 0.15) is 24.2 Å². The predicted octanol–water partition coefficient (Wildman–Crippen LogP) is 2.96. The van der Waals surface area contributed by atoms with Crippen LogP contribution in [-0.4, -0.2) is 30.4 Å². The Hall–Kier alpha value is -0.840. The molecule has 0 saturated heterocycles. The van der Waals surface area contributed by atoms with Crippen LogP contribution in [0.3, 0.4) is 0 Å². The molecule has 3 nitrogen and oxygen atoms in total. The van der Waals surface area contributed by atoms with Gasteiger partial charge in [-0.25, -0.2) is 0 Å². The molecule has 0 aliphatic heterocycles. The second-order valence-corrected chi connectivity index (χ2v) is 4.30. The molecule has 0 N–H and O–H groups in total. The summed E-state index contributed by atoms with van der Waals surface area (Å²) in [4.78, 5) is 11.8. The van der Waals surface area contributed by atoms with E-state index in [1.807, 2.05) is 44.2 Å². The zero-order valence-corrected chi connectivity index (χ0v) is 11.0. The van der Waals surface area contributed by atoms with Crippen molar-refractivity contribution in [2.75, 3.05) is 19.0 Å². The van der Waals surface area contributed by atoms with Crippen LogP contribution in [0, 0.1) is 0 Å². The fourth-order valence-corrected chi connectivity index (χ4v) is 2.10. The second kappa shape index (κ2) is 8.28. The third kappa shape index (κ3) is 5.35. The van der Waals surface area contributed by atoms with E-state index in [1.165, 1.54) is 11.8 Å². The first-order chi connectivity index (χ1) is 8.27. The van der Waals surface area contributed by atoms with Crippen LogP contribution in [0.5, 0.6) is 0 Å². The van der Waals surface area contributed by atoms with Crippen LogP contribution >= 0.6 is 11.8 Å². The minimum Gasteiger partial charge on any atom is -0.352 e. The Balaban J connectivity index is 2.41. The maximum absolute atomic E-state index is 11.8. The summed E-state index contributed by atoms with van der Waals surface area (Å²) in [5, 5.41) is 0.0509. The van der Waals surface area contributed by atoms with Crippen LogP contribution in [0.2, 0.25) is 0 Å². The Kier molecular flexibility index (Phi) is 6.93. The van der Waals surface area contributed by atoms with Crippen molar-refractivity contribution in [2.24, 2.45) is 0 Å². The maximum Gasteiger partial charge on any atom is 0.219 e. The topological polar surface area (TPSA) is 35.5 Å². The first kappa shape index (κ1) is 14.2. The molecule has 1 aromatic rings. The van der Waals surface area contributed by atoms with Crippen LogP contribution in [0.4, 0.5) is 0 Å². The molecule has 0 aromatic heterocycles. The van der Waals surface area contributed by atoms with Crippen LogP contribution < -0.4 is 0 Å². The van der Waals surface area contributed by atoms with E-state index in [0.29, 0.717) is 24.5 Å². The van der Waals surface area contributed by atoms with Gasteiger partial charge in [0.25, 0.3) is 0 Å². The fraction of sp³-hybridized carbons (Fsp3) is 0.462. The molecule has 0 aliphatic carbocycles. The molecule has 0 unspecified atom stereocenters. The van der Waals surface area contributed by atoms with Gasteiger partial charge in [0.05, 0.1) is 5.75 Å². The normalized spacial score (nSPS) is 10.8. The second-order valence-electron chi connectivity index (χ2n) is 3.30. The molecular formula is C13H18O3S. The summed E-state index contributed by atoms with van der Waals surface area (Å²) < 4.78 is 10.7. The van der Waals surface area contributed by atoms with Gasteiger partial charge >= 0.3 is 0 Å². The van der Waals surface area contributed by atoms with Crippen LogP contribution in [0.25, 0.3) is 0 Å². The van der Waals surface area contributed by atoms with Gasteiger partial charge in [0.2, 0.25) is 5.12 Å². The van der Waals surface area contributed by atoms with Gasteiger partial charge in [0.1, 0.15) is 0 Å². The molecule has 0 bridgehead atoms. The smallest absolute Gasteiger partial charge is 0.219 e. The van der Waals surface area contributed by atoms with E-state index in [2.05, 4.69) is 0 Å². The lowest BCUT2D eigenvalue weighted by molar-refractivity contribution is -0.120. The molecule has 17 heavy (non-hydrogen) atoms. The van der Waals surface area contributed by atoms with Crippen molar-refractivity contribution in [3.63, 3.8) is 0 Å². The average molecular weight is 254 g/mol. The number of hydrogen-bond donors (Lipinski definition) is 0. The highest BCUT2D eigenvalue weighted by molar-refractivity contribution is 8.14. The zero-order valence-electron chi connectivity index (χ0n) is 10.2. The van der Waals surface area contributed by atoms with E-state index >= 15 is 0 Å². The molecular weight excluding hydrogens is 236 g/mol. The number of rotatable bonds is 7. The van der Waals surface area contributed by atoms with Crippen molar-refractivity contribution in [1.29, 1.82) is 0 Å². The molecule has 0 radical (unpaired) electrons. The minimum absolute atomic E-state index is 0.0509. The standard InChI is InChI=1S/C13H18O3S/c1-3-15-12(16-4-2)10-17-13(14)11-8-6-5-7-9-11/h5-9,12H,3-4,10H2,1-2H3. The van der Waals surface area contributed by atoms with Gasteiger partial charge < -0.3 is 9.47 Å². The molecule has 0 spiro atoms. The number of carbonyl (C=O) groups is 1. The third-order valence-corrected chi connectivity index (χ3v) is 3.00. The molecule has 0 fully saturated rings. The summed E-state index contributed by atoms with van der Waals surface area (Å²) in [6.07, 6.45) is -0.303. The van der Waals surface area contributed by atoms with Crippen molar-refractivity contribution in [3.05, 3.63) is 35.9 Å². The lowest BCUT2D eigenvalue weighted by Crippen LogP contribution is -2.20. The van der Waals surface area contributed by atoms with Crippen molar-refractivity contribution in [3.8, 4) is 0 Å². The van der Waals surface area contributed by atoms with Crippen LogP contribution in [-0.2, 0) is 9.47 Å².